The molecule has 0 saturated heterocycles. The van der Waals surface area contributed by atoms with E-state index in [-0.39, 0.29) is 55.6 Å². The predicted octanol–water partition coefficient (Wildman–Crippen LogP) is -6.72. The standard InChI is InChI=1S/AsH3.4FH.Li/h1H3;4*1H;/q;;;;;+1/p-1. The molecule has 0 saturated carbocycles. The van der Waals surface area contributed by atoms with Crippen molar-refractivity contribution in [2.45, 2.75) is 0 Å². The van der Waals surface area contributed by atoms with E-state index < -0.39 is 0 Å². The van der Waals surface area contributed by atoms with Crippen molar-refractivity contribution >= 4 is 18.0 Å². The number of hydrogen-bond donors (Lipinski definition) is 0. The molecule has 0 rings (SSSR count). The molecule has 0 aliphatic heterocycles. The van der Waals surface area contributed by atoms with E-state index in [1.807, 2.05) is 0 Å². The molecule has 6 heavy (non-hydrogen) atoms. The minimum Gasteiger partial charge on any atom is -1.00 e. The van der Waals surface area contributed by atoms with Crippen LogP contribution in [0.1, 0.15) is 0 Å². The van der Waals surface area contributed by atoms with Gasteiger partial charge in [-0.05, 0) is 0 Å². The van der Waals surface area contributed by atoms with Crippen molar-refractivity contribution in [3.8, 4) is 0 Å². The van der Waals surface area contributed by atoms with Crippen LogP contribution in [0.15, 0.2) is 0 Å². The normalized spacial score (nSPS) is 0. The molecule has 1 unspecified atom stereocenters. The van der Waals surface area contributed by atoms with Gasteiger partial charge < -0.3 is 4.70 Å². The molecule has 0 aliphatic carbocycles. The Morgan fingerprint density at radius 2 is 0.667 bits per heavy atom. The molecule has 0 N–H and O–H groups in total. The molecule has 0 radical (unpaired) electrons. The van der Waals surface area contributed by atoms with Gasteiger partial charge in [-0.15, -0.1) is 0 Å². The van der Waals surface area contributed by atoms with Crippen LogP contribution in [-0.2, 0) is 0 Å². The van der Waals surface area contributed by atoms with Crippen molar-refractivity contribution < 1.29 is 37.7 Å². The fourth-order valence-corrected chi connectivity index (χ4v) is 0. The Hall–Kier alpha value is 0.876. The predicted molar refractivity (Wildman–Crippen MR) is 17.4 cm³/mol. The van der Waals surface area contributed by atoms with Crippen molar-refractivity contribution in [2.75, 3.05) is 0 Å². The van der Waals surface area contributed by atoms with Crippen molar-refractivity contribution in [1.82, 2.24) is 0 Å². The summed E-state index contributed by atoms with van der Waals surface area (Å²) >= 11 is 0. The van der Waals surface area contributed by atoms with Crippen LogP contribution in [0.2, 0.25) is 0 Å². The second-order valence-corrected chi connectivity index (χ2v) is 0. The molecule has 0 spiro atoms. The van der Waals surface area contributed by atoms with Gasteiger partial charge in [0, 0.05) is 0 Å². The molecule has 0 nitrogen and oxygen atoms in total. The molecular formula is H6AsF4Li. The summed E-state index contributed by atoms with van der Waals surface area (Å²) in [7, 11) is 0. The third-order valence-electron chi connectivity index (χ3n) is 0. The van der Waals surface area contributed by atoms with E-state index in [9.17, 15) is 0 Å². The van der Waals surface area contributed by atoms with Crippen LogP contribution in [0.3, 0.4) is 0 Å². The van der Waals surface area contributed by atoms with Crippen molar-refractivity contribution in [3.05, 3.63) is 0 Å². The Morgan fingerprint density at radius 3 is 0.667 bits per heavy atom. The van der Waals surface area contributed by atoms with E-state index in [1.54, 1.807) is 0 Å². The zero-order valence-electron chi connectivity index (χ0n) is 3.31. The summed E-state index contributed by atoms with van der Waals surface area (Å²) in [6, 6.07) is 0. The zero-order valence-corrected chi connectivity index (χ0v) is 6.28. The quantitative estimate of drug-likeness (QED) is 0.246. The van der Waals surface area contributed by atoms with Gasteiger partial charge in [-0.3, -0.25) is 14.1 Å². The first kappa shape index (κ1) is 309. The van der Waals surface area contributed by atoms with Crippen LogP contribution < -0.4 is 23.6 Å². The molecule has 40 valence electrons. The summed E-state index contributed by atoms with van der Waals surface area (Å²) in [6.45, 7) is 0. The van der Waals surface area contributed by atoms with Gasteiger partial charge in [-0.1, -0.05) is 0 Å². The first-order valence-corrected chi connectivity index (χ1v) is 0. The second kappa shape index (κ2) is 182. The topological polar surface area (TPSA) is 0 Å². The van der Waals surface area contributed by atoms with E-state index in [1.165, 1.54) is 0 Å². The summed E-state index contributed by atoms with van der Waals surface area (Å²) in [5.41, 5.74) is 0. The smallest absolute Gasteiger partial charge is 1.00 e. The number of rotatable bonds is 0. The van der Waals surface area contributed by atoms with Gasteiger partial charge in [0.2, 0.25) is 0 Å². The van der Waals surface area contributed by atoms with Gasteiger partial charge in [0.25, 0.3) is 0 Å². The fourth-order valence-electron chi connectivity index (χ4n) is 0. The third-order valence-corrected chi connectivity index (χ3v) is 0. The van der Waals surface area contributed by atoms with Crippen LogP contribution >= 0.6 is 0 Å². The maximum atomic E-state index is 0. The number of halogens is 4. The van der Waals surface area contributed by atoms with Crippen LogP contribution in [0, 0.1) is 0 Å². The third kappa shape index (κ3) is 95.5. The Labute approximate surface area is 56.0 Å². The first-order valence-electron chi connectivity index (χ1n) is 0. The molecule has 0 aromatic carbocycles. The average molecular weight is 164 g/mol. The van der Waals surface area contributed by atoms with Crippen LogP contribution in [-0.4, -0.2) is 18.0 Å². The fraction of sp³-hybridized carbons (Fsp3) is 0. The summed E-state index contributed by atoms with van der Waals surface area (Å²) in [4.78, 5) is 0. The van der Waals surface area contributed by atoms with Crippen LogP contribution in [0.25, 0.3) is 0 Å². The first-order chi connectivity index (χ1) is 0. The average Bonchev–Trinajstić information content (AvgIpc) is 0. The molecule has 6 heteroatoms. The van der Waals surface area contributed by atoms with E-state index in [2.05, 4.69) is 0 Å². The van der Waals surface area contributed by atoms with Crippen molar-refractivity contribution in [1.29, 1.82) is 0 Å². The van der Waals surface area contributed by atoms with Crippen molar-refractivity contribution in [2.24, 2.45) is 0 Å². The van der Waals surface area contributed by atoms with E-state index in [0.29, 0.717) is 0 Å². The van der Waals surface area contributed by atoms with Gasteiger partial charge in [-0.25, -0.2) is 0 Å². The Kier molecular flexibility index (Phi) is 9390. The van der Waals surface area contributed by atoms with Gasteiger partial charge in [-0.2, -0.15) is 0 Å². The molecule has 0 heterocycles. The maximum Gasteiger partial charge on any atom is 1.00 e. The van der Waals surface area contributed by atoms with E-state index in [0.717, 1.165) is 0 Å². The summed E-state index contributed by atoms with van der Waals surface area (Å²) in [5, 5.41) is 0. The van der Waals surface area contributed by atoms with E-state index >= 15 is 0 Å². The summed E-state index contributed by atoms with van der Waals surface area (Å²) in [6.07, 6.45) is 0. The number of hydrogen-bond acceptors (Lipinski definition) is 0. The largest absolute Gasteiger partial charge is 1.00 e. The Balaban J connectivity index is 0. The molecule has 0 fully saturated rings. The summed E-state index contributed by atoms with van der Waals surface area (Å²) in [5.74, 6) is 0. The minimum absolute atomic E-state index is 0. The molecule has 1 atom stereocenters. The van der Waals surface area contributed by atoms with Gasteiger partial charge in [0.05, 0.1) is 0 Å². The molecular weight excluding hydrogens is 158 g/mol. The molecule has 0 aliphatic rings. The Bertz CT molecular complexity index is 7.51. The SMILES string of the molecule is F.F.F.[AsH3].[F-].[Li+]. The Morgan fingerprint density at radius 1 is 0.667 bits per heavy atom. The van der Waals surface area contributed by atoms with Crippen molar-refractivity contribution in [3.63, 3.8) is 0 Å². The van der Waals surface area contributed by atoms with Gasteiger partial charge in [0.15, 0.2) is 0 Å². The monoisotopic (exact) mass is 164 g/mol. The zero-order chi connectivity index (χ0) is 0. The molecule has 0 amide bonds. The van der Waals surface area contributed by atoms with Crippen LogP contribution in [0.5, 0.6) is 0 Å². The minimum atomic E-state index is 0. The summed E-state index contributed by atoms with van der Waals surface area (Å²) < 4.78 is 0. The molecule has 0 aromatic heterocycles. The molecule has 0 aromatic rings. The van der Waals surface area contributed by atoms with Crippen LogP contribution in [0.4, 0.5) is 14.1 Å². The molecule has 0 bridgehead atoms. The second-order valence-electron chi connectivity index (χ2n) is 0. The maximum absolute atomic E-state index is 0. The van der Waals surface area contributed by atoms with Gasteiger partial charge in [0.1, 0.15) is 0 Å². The van der Waals surface area contributed by atoms with Gasteiger partial charge >= 0.3 is 36.8 Å². The van der Waals surface area contributed by atoms with E-state index in [4.69, 9.17) is 0 Å².